The Hall–Kier alpha value is -2.33. The smallest absolute Gasteiger partial charge is 0.159 e. The fraction of sp³-hybridized carbons (Fsp3) is 0.435. The van der Waals surface area contributed by atoms with E-state index < -0.39 is 0 Å². The number of hydrogen-bond acceptors (Lipinski definition) is 4. The van der Waals surface area contributed by atoms with Gasteiger partial charge in [0.2, 0.25) is 0 Å². The summed E-state index contributed by atoms with van der Waals surface area (Å²) in [5.74, 6) is 1.09. The van der Waals surface area contributed by atoms with E-state index in [1.54, 1.807) is 6.92 Å². The van der Waals surface area contributed by atoms with Crippen molar-refractivity contribution in [1.82, 2.24) is 4.90 Å². The normalized spacial score (nSPS) is 15.0. The van der Waals surface area contributed by atoms with Crippen LogP contribution in [0, 0.1) is 13.8 Å². The van der Waals surface area contributed by atoms with Gasteiger partial charge in [-0.2, -0.15) is 0 Å². The third kappa shape index (κ3) is 5.33. The maximum Gasteiger partial charge on any atom is 0.159 e. The fourth-order valence-corrected chi connectivity index (χ4v) is 3.42. The molecule has 0 aliphatic carbocycles. The Bertz CT molecular complexity index is 762. The molecule has 0 unspecified atom stereocenters. The SMILES string of the molecule is CC(=O)c1ccc(N2CCN(CCCOc3ccc(C)c(C)c3)CC2)cc1. The predicted octanol–water partition coefficient (Wildman–Crippen LogP) is 4.10. The quantitative estimate of drug-likeness (QED) is 0.546. The third-order valence-corrected chi connectivity index (χ3v) is 5.38. The maximum absolute atomic E-state index is 11.4. The van der Waals surface area contributed by atoms with E-state index in [-0.39, 0.29) is 5.78 Å². The molecule has 3 rings (SSSR count). The van der Waals surface area contributed by atoms with E-state index in [1.165, 1.54) is 16.8 Å². The fourth-order valence-electron chi connectivity index (χ4n) is 3.42. The lowest BCUT2D eigenvalue weighted by Gasteiger charge is -2.36. The van der Waals surface area contributed by atoms with Gasteiger partial charge in [-0.15, -0.1) is 0 Å². The highest BCUT2D eigenvalue weighted by molar-refractivity contribution is 5.94. The highest BCUT2D eigenvalue weighted by atomic mass is 16.5. The van der Waals surface area contributed by atoms with Crippen LogP contribution < -0.4 is 9.64 Å². The first-order valence-corrected chi connectivity index (χ1v) is 9.81. The average molecular weight is 367 g/mol. The molecular weight excluding hydrogens is 336 g/mol. The van der Waals surface area contributed by atoms with Gasteiger partial charge in [-0.25, -0.2) is 0 Å². The van der Waals surface area contributed by atoms with Crippen molar-refractivity contribution in [3.63, 3.8) is 0 Å². The van der Waals surface area contributed by atoms with Crippen molar-refractivity contribution >= 4 is 11.5 Å². The first-order valence-electron chi connectivity index (χ1n) is 9.81. The van der Waals surface area contributed by atoms with Crippen LogP contribution in [0.2, 0.25) is 0 Å². The minimum absolute atomic E-state index is 0.120. The van der Waals surface area contributed by atoms with Gasteiger partial charge < -0.3 is 9.64 Å². The largest absolute Gasteiger partial charge is 0.494 e. The van der Waals surface area contributed by atoms with Crippen LogP contribution in [-0.4, -0.2) is 50.0 Å². The molecule has 1 fully saturated rings. The third-order valence-electron chi connectivity index (χ3n) is 5.38. The molecule has 1 saturated heterocycles. The van der Waals surface area contributed by atoms with Crippen molar-refractivity contribution in [2.45, 2.75) is 27.2 Å². The summed E-state index contributed by atoms with van der Waals surface area (Å²) in [6.07, 6.45) is 1.04. The molecule has 0 spiro atoms. The Morgan fingerprint density at radius 3 is 2.30 bits per heavy atom. The molecule has 4 heteroatoms. The van der Waals surface area contributed by atoms with Crippen molar-refractivity contribution in [2.75, 3.05) is 44.2 Å². The van der Waals surface area contributed by atoms with Gasteiger partial charge in [-0.1, -0.05) is 6.07 Å². The minimum atomic E-state index is 0.120. The lowest BCUT2D eigenvalue weighted by Crippen LogP contribution is -2.46. The van der Waals surface area contributed by atoms with Gasteiger partial charge in [0, 0.05) is 44.0 Å². The Kier molecular flexibility index (Phi) is 6.51. The number of ether oxygens (including phenoxy) is 1. The second kappa shape index (κ2) is 9.05. The standard InChI is InChI=1S/C23H30N2O2/c1-18-5-10-23(17-19(18)2)27-16-4-11-24-12-14-25(15-13-24)22-8-6-21(7-9-22)20(3)26/h5-10,17H,4,11-16H2,1-3H3. The molecule has 2 aromatic rings. The molecular formula is C23H30N2O2. The number of carbonyl (C=O) groups excluding carboxylic acids is 1. The summed E-state index contributed by atoms with van der Waals surface area (Å²) in [6, 6.07) is 14.3. The number of piperazine rings is 1. The van der Waals surface area contributed by atoms with Crippen LogP contribution in [0.4, 0.5) is 5.69 Å². The van der Waals surface area contributed by atoms with Crippen LogP contribution in [0.1, 0.15) is 34.8 Å². The minimum Gasteiger partial charge on any atom is -0.494 e. The number of aryl methyl sites for hydroxylation is 2. The molecule has 0 bridgehead atoms. The van der Waals surface area contributed by atoms with Crippen LogP contribution in [0.15, 0.2) is 42.5 Å². The zero-order valence-corrected chi connectivity index (χ0v) is 16.7. The lowest BCUT2D eigenvalue weighted by atomic mass is 10.1. The summed E-state index contributed by atoms with van der Waals surface area (Å²) in [7, 11) is 0. The molecule has 0 radical (unpaired) electrons. The molecule has 4 nitrogen and oxygen atoms in total. The van der Waals surface area contributed by atoms with Crippen molar-refractivity contribution < 1.29 is 9.53 Å². The molecule has 1 heterocycles. The zero-order chi connectivity index (χ0) is 19.2. The van der Waals surface area contributed by atoms with Crippen LogP contribution in [0.3, 0.4) is 0 Å². The summed E-state index contributed by atoms with van der Waals surface area (Å²) in [4.78, 5) is 16.3. The Labute approximate surface area is 162 Å². The van der Waals surface area contributed by atoms with Gasteiger partial charge >= 0.3 is 0 Å². The van der Waals surface area contributed by atoms with Crippen molar-refractivity contribution in [2.24, 2.45) is 0 Å². The number of anilines is 1. The molecule has 0 saturated carbocycles. The molecule has 1 aliphatic heterocycles. The molecule has 0 amide bonds. The summed E-state index contributed by atoms with van der Waals surface area (Å²) in [6.45, 7) is 11.9. The zero-order valence-electron chi connectivity index (χ0n) is 16.7. The van der Waals surface area contributed by atoms with Crippen LogP contribution in [0.5, 0.6) is 5.75 Å². The van der Waals surface area contributed by atoms with Crippen LogP contribution in [0.25, 0.3) is 0 Å². The maximum atomic E-state index is 11.4. The number of rotatable bonds is 7. The number of Topliss-reactive ketones (excluding diaryl/α,β-unsaturated/α-hetero) is 1. The first-order chi connectivity index (χ1) is 13.0. The first kappa shape index (κ1) is 19.4. The van der Waals surface area contributed by atoms with Crippen molar-refractivity contribution in [3.05, 3.63) is 59.2 Å². The van der Waals surface area contributed by atoms with Gasteiger partial charge in [0.15, 0.2) is 5.78 Å². The molecule has 0 atom stereocenters. The van der Waals surface area contributed by atoms with E-state index in [4.69, 9.17) is 4.74 Å². The monoisotopic (exact) mass is 366 g/mol. The highest BCUT2D eigenvalue weighted by Crippen LogP contribution is 2.18. The predicted molar refractivity (Wildman–Crippen MR) is 111 cm³/mol. The van der Waals surface area contributed by atoms with Crippen molar-refractivity contribution in [1.29, 1.82) is 0 Å². The summed E-state index contributed by atoms with van der Waals surface area (Å²) < 4.78 is 5.89. The van der Waals surface area contributed by atoms with Gasteiger partial charge in [0.05, 0.1) is 6.61 Å². The molecule has 144 valence electrons. The second-order valence-electron chi connectivity index (χ2n) is 7.38. The van der Waals surface area contributed by atoms with Gasteiger partial charge in [0.1, 0.15) is 5.75 Å². The number of carbonyl (C=O) groups is 1. The van der Waals surface area contributed by atoms with E-state index in [9.17, 15) is 4.79 Å². The molecule has 0 aromatic heterocycles. The number of nitrogens with zero attached hydrogens (tertiary/aromatic N) is 2. The van der Waals surface area contributed by atoms with E-state index in [0.717, 1.165) is 57.1 Å². The molecule has 27 heavy (non-hydrogen) atoms. The van der Waals surface area contributed by atoms with Crippen LogP contribution in [-0.2, 0) is 0 Å². The number of hydrogen-bond donors (Lipinski definition) is 0. The number of ketones is 1. The molecule has 1 aliphatic rings. The van der Waals surface area contributed by atoms with E-state index in [2.05, 4.69) is 54.0 Å². The summed E-state index contributed by atoms with van der Waals surface area (Å²) in [5.41, 5.74) is 4.56. The topological polar surface area (TPSA) is 32.8 Å². The van der Waals surface area contributed by atoms with Crippen LogP contribution >= 0.6 is 0 Å². The second-order valence-corrected chi connectivity index (χ2v) is 7.38. The van der Waals surface area contributed by atoms with Crippen molar-refractivity contribution in [3.8, 4) is 5.75 Å². The van der Waals surface area contributed by atoms with E-state index in [0.29, 0.717) is 0 Å². The van der Waals surface area contributed by atoms with E-state index >= 15 is 0 Å². The van der Waals surface area contributed by atoms with Gasteiger partial charge in [-0.3, -0.25) is 9.69 Å². The van der Waals surface area contributed by atoms with Gasteiger partial charge in [0.25, 0.3) is 0 Å². The van der Waals surface area contributed by atoms with Gasteiger partial charge in [-0.05, 0) is 74.7 Å². The summed E-state index contributed by atoms with van der Waals surface area (Å²) in [5, 5.41) is 0. The Morgan fingerprint density at radius 1 is 0.963 bits per heavy atom. The Balaban J connectivity index is 1.38. The van der Waals surface area contributed by atoms with E-state index in [1.807, 2.05) is 12.1 Å². The summed E-state index contributed by atoms with van der Waals surface area (Å²) >= 11 is 0. The molecule has 2 aromatic carbocycles. The average Bonchev–Trinajstić information content (AvgIpc) is 2.68. The lowest BCUT2D eigenvalue weighted by molar-refractivity contribution is 0.101. The number of benzene rings is 2. The Morgan fingerprint density at radius 2 is 1.67 bits per heavy atom. The highest BCUT2D eigenvalue weighted by Gasteiger charge is 2.17. The molecule has 0 N–H and O–H groups in total.